The number of hydrogen-bond acceptors (Lipinski definition) is 9. The highest BCUT2D eigenvalue weighted by atomic mass is 32.2. The number of nitrogens with one attached hydrogen (secondary N) is 3. The van der Waals surface area contributed by atoms with E-state index in [-0.39, 0.29) is 12.8 Å². The molecular weight excluding hydrogens is 462 g/mol. The highest BCUT2D eigenvalue weighted by molar-refractivity contribution is 7.98. The number of carbonyl (C=O) groups is 5. The summed E-state index contributed by atoms with van der Waals surface area (Å²) in [5.41, 5.74) is 10.8. The zero-order chi connectivity index (χ0) is 24.8. The van der Waals surface area contributed by atoms with Crippen LogP contribution in [0.25, 0.3) is 0 Å². The molecule has 14 heteroatoms. The monoisotopic (exact) mass is 495 g/mol. The molecule has 12 nitrogen and oxygen atoms in total. The number of hydrogen-bond donors (Lipinski definition) is 7. The number of nitrogens with two attached hydrogens (primary N) is 2. The van der Waals surface area contributed by atoms with Crippen LogP contribution in [0.3, 0.4) is 0 Å². The molecule has 0 aromatic rings. The van der Waals surface area contributed by atoms with E-state index in [1.807, 2.05) is 0 Å². The third-order valence-corrected chi connectivity index (χ3v) is 5.62. The van der Waals surface area contributed by atoms with E-state index in [0.29, 0.717) is 11.5 Å². The average Bonchev–Trinajstić information content (AvgIpc) is 2.71. The molecule has 5 unspecified atom stereocenters. The highest BCUT2D eigenvalue weighted by Gasteiger charge is 2.31. The lowest BCUT2D eigenvalue weighted by atomic mass is 10.1. The third-order valence-electron chi connectivity index (χ3n) is 4.33. The van der Waals surface area contributed by atoms with Gasteiger partial charge in [-0.3, -0.25) is 19.2 Å². The topological polar surface area (TPSA) is 214 Å². The van der Waals surface area contributed by atoms with Gasteiger partial charge in [0.1, 0.15) is 24.2 Å². The molecule has 0 heterocycles. The second-order valence-corrected chi connectivity index (χ2v) is 8.99. The number of carboxylic acids is 1. The SMILES string of the molecule is CSCCC(NC(=O)C(CC(N)=O)NC(=O)C(CCSC)NC(=O)C(N)C(C)O)C(=O)O. The molecule has 32 heavy (non-hydrogen) atoms. The van der Waals surface area contributed by atoms with Crippen molar-refractivity contribution in [3.8, 4) is 0 Å². The lowest BCUT2D eigenvalue weighted by Gasteiger charge is -2.25. The minimum atomic E-state index is -1.43. The molecule has 0 aromatic heterocycles. The average molecular weight is 496 g/mol. The molecule has 184 valence electrons. The Morgan fingerprint density at radius 2 is 1.28 bits per heavy atom. The van der Waals surface area contributed by atoms with E-state index < -0.39 is 66.3 Å². The number of aliphatic hydroxyl groups excluding tert-OH is 1. The smallest absolute Gasteiger partial charge is 0.326 e. The number of aliphatic hydroxyl groups is 1. The Morgan fingerprint density at radius 1 is 0.844 bits per heavy atom. The zero-order valence-electron chi connectivity index (χ0n) is 18.3. The minimum absolute atomic E-state index is 0.142. The van der Waals surface area contributed by atoms with E-state index in [0.717, 1.165) is 0 Å². The number of aliphatic carboxylic acids is 1. The molecule has 0 saturated carbocycles. The molecule has 0 saturated heterocycles. The van der Waals surface area contributed by atoms with E-state index in [2.05, 4.69) is 16.0 Å². The van der Waals surface area contributed by atoms with Gasteiger partial charge in [0.15, 0.2) is 0 Å². The Balaban J connectivity index is 5.44. The fourth-order valence-corrected chi connectivity index (χ4v) is 3.38. The van der Waals surface area contributed by atoms with Crippen molar-refractivity contribution in [1.82, 2.24) is 16.0 Å². The van der Waals surface area contributed by atoms with Gasteiger partial charge in [-0.1, -0.05) is 0 Å². The first kappa shape index (κ1) is 30.0. The minimum Gasteiger partial charge on any atom is -0.480 e. The second-order valence-electron chi connectivity index (χ2n) is 7.02. The third kappa shape index (κ3) is 11.5. The molecule has 5 atom stereocenters. The fourth-order valence-electron chi connectivity index (χ4n) is 2.44. The van der Waals surface area contributed by atoms with Gasteiger partial charge in [0.25, 0.3) is 0 Å². The van der Waals surface area contributed by atoms with Gasteiger partial charge in [0.2, 0.25) is 23.6 Å². The number of amides is 4. The Kier molecular flexibility index (Phi) is 14.7. The maximum absolute atomic E-state index is 12.8. The van der Waals surface area contributed by atoms with Crippen LogP contribution in [0.2, 0.25) is 0 Å². The van der Waals surface area contributed by atoms with Crippen molar-refractivity contribution >= 4 is 53.1 Å². The van der Waals surface area contributed by atoms with Gasteiger partial charge < -0.3 is 37.6 Å². The Bertz CT molecular complexity index is 666. The van der Waals surface area contributed by atoms with Crippen LogP contribution in [0, 0.1) is 0 Å². The first-order valence-electron chi connectivity index (χ1n) is 9.78. The van der Waals surface area contributed by atoms with Crippen LogP contribution in [0.15, 0.2) is 0 Å². The summed E-state index contributed by atoms with van der Waals surface area (Å²) in [6.07, 6.45) is 2.18. The zero-order valence-corrected chi connectivity index (χ0v) is 20.0. The van der Waals surface area contributed by atoms with Crippen molar-refractivity contribution in [1.29, 1.82) is 0 Å². The summed E-state index contributed by atoms with van der Waals surface area (Å²) in [7, 11) is 0. The van der Waals surface area contributed by atoms with E-state index >= 15 is 0 Å². The van der Waals surface area contributed by atoms with Gasteiger partial charge in [0, 0.05) is 0 Å². The molecule has 0 aliphatic rings. The van der Waals surface area contributed by atoms with Crippen LogP contribution in [-0.4, -0.2) is 94.1 Å². The molecule has 0 radical (unpaired) electrons. The number of rotatable bonds is 16. The fraction of sp³-hybridized carbons (Fsp3) is 0.722. The summed E-state index contributed by atoms with van der Waals surface area (Å²) in [6, 6.07) is -5.01. The molecule has 0 aliphatic carbocycles. The molecule has 0 aromatic carbocycles. The molecule has 4 amide bonds. The van der Waals surface area contributed by atoms with Crippen molar-refractivity contribution < 1.29 is 34.2 Å². The molecule has 0 aliphatic heterocycles. The van der Waals surface area contributed by atoms with Crippen molar-refractivity contribution in [3.05, 3.63) is 0 Å². The Morgan fingerprint density at radius 3 is 1.72 bits per heavy atom. The van der Waals surface area contributed by atoms with Gasteiger partial charge in [-0.25, -0.2) is 4.79 Å². The number of carboxylic acid groups (broad SMARTS) is 1. The van der Waals surface area contributed by atoms with Crippen LogP contribution in [0.5, 0.6) is 0 Å². The quantitative estimate of drug-likeness (QED) is 0.121. The predicted octanol–water partition coefficient (Wildman–Crippen LogP) is -2.38. The largest absolute Gasteiger partial charge is 0.480 e. The summed E-state index contributed by atoms with van der Waals surface area (Å²) in [6.45, 7) is 1.32. The van der Waals surface area contributed by atoms with Gasteiger partial charge in [-0.2, -0.15) is 23.5 Å². The van der Waals surface area contributed by atoms with Crippen LogP contribution >= 0.6 is 23.5 Å². The van der Waals surface area contributed by atoms with Crippen LogP contribution < -0.4 is 27.4 Å². The van der Waals surface area contributed by atoms with E-state index in [1.165, 1.54) is 30.4 Å². The Hall–Kier alpha value is -2.03. The Labute approximate surface area is 195 Å². The van der Waals surface area contributed by atoms with Crippen molar-refractivity contribution in [2.24, 2.45) is 11.5 Å². The first-order chi connectivity index (χ1) is 14.9. The first-order valence-corrected chi connectivity index (χ1v) is 12.6. The summed E-state index contributed by atoms with van der Waals surface area (Å²) in [5.74, 6) is -3.62. The molecule has 0 bridgehead atoms. The molecule has 0 rings (SSSR count). The predicted molar refractivity (Wildman–Crippen MR) is 123 cm³/mol. The number of primary amides is 1. The maximum atomic E-state index is 12.8. The van der Waals surface area contributed by atoms with E-state index in [4.69, 9.17) is 11.5 Å². The van der Waals surface area contributed by atoms with Gasteiger partial charge in [0.05, 0.1) is 12.5 Å². The normalized spacial score (nSPS) is 15.5. The van der Waals surface area contributed by atoms with Crippen molar-refractivity contribution in [3.63, 3.8) is 0 Å². The summed E-state index contributed by atoms with van der Waals surface area (Å²) in [5, 5.41) is 25.8. The number of carbonyl (C=O) groups excluding carboxylic acids is 4. The lowest BCUT2D eigenvalue weighted by Crippen LogP contribution is -2.58. The van der Waals surface area contributed by atoms with E-state index in [9.17, 15) is 34.2 Å². The van der Waals surface area contributed by atoms with Gasteiger partial charge in [-0.15, -0.1) is 0 Å². The van der Waals surface area contributed by atoms with Gasteiger partial charge >= 0.3 is 5.97 Å². The lowest BCUT2D eigenvalue weighted by molar-refractivity contribution is -0.142. The van der Waals surface area contributed by atoms with Crippen molar-refractivity contribution in [2.45, 2.75) is 56.5 Å². The molecule has 9 N–H and O–H groups in total. The van der Waals surface area contributed by atoms with Crippen LogP contribution in [0.1, 0.15) is 26.2 Å². The van der Waals surface area contributed by atoms with Gasteiger partial charge in [-0.05, 0) is 43.8 Å². The van der Waals surface area contributed by atoms with Crippen LogP contribution in [-0.2, 0) is 24.0 Å². The standard InChI is InChI=1S/C18H33N5O7S2/c1-9(24)14(20)17(28)21-10(4-6-31-2)15(26)23-12(8-13(19)25)16(27)22-11(18(29)30)5-7-32-3/h9-12,14,24H,4-8,20H2,1-3H3,(H2,19,25)(H,21,28)(H,22,27)(H,23,26)(H,29,30). The van der Waals surface area contributed by atoms with E-state index in [1.54, 1.807) is 12.5 Å². The van der Waals surface area contributed by atoms with Crippen LogP contribution in [0.4, 0.5) is 0 Å². The highest BCUT2D eigenvalue weighted by Crippen LogP contribution is 2.06. The molecule has 0 fully saturated rings. The summed E-state index contributed by atoms with van der Waals surface area (Å²) >= 11 is 2.81. The maximum Gasteiger partial charge on any atom is 0.326 e. The summed E-state index contributed by atoms with van der Waals surface area (Å²) < 4.78 is 0. The molecular formula is C18H33N5O7S2. The molecule has 0 spiro atoms. The second kappa shape index (κ2) is 15.7. The number of thioether (sulfide) groups is 2. The van der Waals surface area contributed by atoms with Crippen molar-refractivity contribution in [2.75, 3.05) is 24.0 Å². The summed E-state index contributed by atoms with van der Waals surface area (Å²) in [4.78, 5) is 60.4.